The number of rotatable bonds is 4. The highest BCUT2D eigenvalue weighted by Gasteiger charge is 2.10. The van der Waals surface area contributed by atoms with Gasteiger partial charge in [0.15, 0.2) is 0 Å². The van der Waals surface area contributed by atoms with E-state index in [0.717, 1.165) is 11.1 Å². The fraction of sp³-hybridized carbons (Fsp3) is 0.200. The monoisotopic (exact) mass is 273 g/mol. The van der Waals surface area contributed by atoms with E-state index in [1.54, 1.807) is 13.2 Å². The molecule has 0 aliphatic heterocycles. The van der Waals surface area contributed by atoms with Crippen molar-refractivity contribution in [2.45, 2.75) is 13.3 Å². The van der Waals surface area contributed by atoms with Crippen molar-refractivity contribution in [2.24, 2.45) is 0 Å². The highest BCUT2D eigenvalue weighted by molar-refractivity contribution is 5.71. The van der Waals surface area contributed by atoms with Crippen LogP contribution in [-0.2, 0) is 11.2 Å². The summed E-state index contributed by atoms with van der Waals surface area (Å²) in [7, 11) is 1.56. The summed E-state index contributed by atoms with van der Waals surface area (Å²) >= 11 is 0. The second-order valence-electron chi connectivity index (χ2n) is 4.50. The molecule has 0 saturated heterocycles. The number of aromatic nitrogens is 1. The first-order chi connectivity index (χ1) is 9.51. The lowest BCUT2D eigenvalue weighted by Gasteiger charge is -2.10. The molecule has 5 heteroatoms. The summed E-state index contributed by atoms with van der Waals surface area (Å²) in [5.41, 5.74) is 2.24. The first kappa shape index (κ1) is 13.9. The summed E-state index contributed by atoms with van der Waals surface area (Å²) in [6.07, 6.45) is -0.291. The second kappa shape index (κ2) is 5.61. The number of hydrogen-bond donors (Lipinski definition) is 2. The molecule has 0 aliphatic carbocycles. The number of methoxy groups -OCH3 is 1. The van der Waals surface area contributed by atoms with Crippen LogP contribution < -0.4 is 10.3 Å². The number of H-pyrrole nitrogens is 1. The molecule has 20 heavy (non-hydrogen) atoms. The zero-order chi connectivity index (χ0) is 14.7. The topological polar surface area (TPSA) is 79.4 Å². The van der Waals surface area contributed by atoms with Crippen LogP contribution in [0.1, 0.15) is 11.1 Å². The fourth-order valence-electron chi connectivity index (χ4n) is 2.00. The number of carboxylic acid groups (broad SMARTS) is 1. The molecule has 1 heterocycles. The molecule has 0 aliphatic rings. The quantitative estimate of drug-likeness (QED) is 0.892. The van der Waals surface area contributed by atoms with Crippen LogP contribution in [0.25, 0.3) is 11.3 Å². The zero-order valence-electron chi connectivity index (χ0n) is 11.3. The van der Waals surface area contributed by atoms with Gasteiger partial charge in [-0.05, 0) is 25.1 Å². The number of aromatic amines is 1. The number of carboxylic acids is 1. The molecule has 0 bridgehead atoms. The molecular weight excluding hydrogens is 258 g/mol. The highest BCUT2D eigenvalue weighted by Crippen LogP contribution is 2.28. The Morgan fingerprint density at radius 1 is 1.30 bits per heavy atom. The molecule has 5 nitrogen and oxygen atoms in total. The van der Waals surface area contributed by atoms with Gasteiger partial charge in [-0.3, -0.25) is 9.59 Å². The molecule has 2 aromatic rings. The van der Waals surface area contributed by atoms with E-state index >= 15 is 0 Å². The molecule has 0 fully saturated rings. The highest BCUT2D eigenvalue weighted by atomic mass is 16.5. The number of benzene rings is 1. The Hall–Kier alpha value is -2.56. The average molecular weight is 273 g/mol. The molecular formula is C15H15NO4. The first-order valence-corrected chi connectivity index (χ1v) is 6.10. The molecule has 2 N–H and O–H groups in total. The van der Waals surface area contributed by atoms with Gasteiger partial charge in [0.1, 0.15) is 5.75 Å². The molecule has 0 radical (unpaired) electrons. The summed E-state index contributed by atoms with van der Waals surface area (Å²) in [6.45, 7) is 1.94. The predicted molar refractivity (Wildman–Crippen MR) is 75.1 cm³/mol. The largest absolute Gasteiger partial charge is 0.496 e. The first-order valence-electron chi connectivity index (χ1n) is 6.10. The van der Waals surface area contributed by atoms with E-state index < -0.39 is 11.5 Å². The Balaban J connectivity index is 2.49. The van der Waals surface area contributed by atoms with Gasteiger partial charge in [0, 0.05) is 11.1 Å². The van der Waals surface area contributed by atoms with Gasteiger partial charge in [0.2, 0.25) is 0 Å². The fourth-order valence-corrected chi connectivity index (χ4v) is 2.00. The lowest BCUT2D eigenvalue weighted by atomic mass is 10.1. The lowest BCUT2D eigenvalue weighted by molar-refractivity contribution is -0.136. The molecule has 0 spiro atoms. The second-order valence-corrected chi connectivity index (χ2v) is 4.50. The van der Waals surface area contributed by atoms with E-state index in [0.29, 0.717) is 11.4 Å². The van der Waals surface area contributed by atoms with Gasteiger partial charge < -0.3 is 14.8 Å². The Kier molecular flexibility index (Phi) is 3.89. The van der Waals surface area contributed by atoms with Gasteiger partial charge in [-0.1, -0.05) is 17.7 Å². The summed E-state index contributed by atoms with van der Waals surface area (Å²) in [5.74, 6) is -0.381. The van der Waals surface area contributed by atoms with Crippen molar-refractivity contribution in [1.29, 1.82) is 0 Å². The van der Waals surface area contributed by atoms with Crippen LogP contribution in [0.3, 0.4) is 0 Å². The third-order valence-electron chi connectivity index (χ3n) is 2.98. The van der Waals surface area contributed by atoms with Crippen LogP contribution in [0.15, 0.2) is 35.1 Å². The van der Waals surface area contributed by atoms with Crippen molar-refractivity contribution < 1.29 is 14.6 Å². The maximum absolute atomic E-state index is 11.9. The minimum atomic E-state index is -1.03. The number of aryl methyl sites for hydroxylation is 1. The molecule has 1 aromatic heterocycles. The number of aliphatic carboxylic acids is 1. The molecule has 0 unspecified atom stereocenters. The van der Waals surface area contributed by atoms with E-state index in [4.69, 9.17) is 9.84 Å². The third-order valence-corrected chi connectivity index (χ3v) is 2.98. The van der Waals surface area contributed by atoms with Crippen LogP contribution in [0.2, 0.25) is 0 Å². The van der Waals surface area contributed by atoms with Gasteiger partial charge in [0.25, 0.3) is 5.56 Å². The van der Waals surface area contributed by atoms with Gasteiger partial charge in [-0.15, -0.1) is 0 Å². The maximum Gasteiger partial charge on any atom is 0.308 e. The van der Waals surface area contributed by atoms with Crippen LogP contribution in [0.5, 0.6) is 5.75 Å². The number of carbonyl (C=O) groups is 1. The van der Waals surface area contributed by atoms with Crippen molar-refractivity contribution in [3.8, 4) is 17.0 Å². The Bertz CT molecular complexity index is 703. The van der Waals surface area contributed by atoms with Crippen LogP contribution in [0, 0.1) is 6.92 Å². The number of nitrogens with one attached hydrogen (secondary N) is 1. The van der Waals surface area contributed by atoms with Crippen molar-refractivity contribution in [2.75, 3.05) is 7.11 Å². The zero-order valence-corrected chi connectivity index (χ0v) is 11.3. The minimum Gasteiger partial charge on any atom is -0.496 e. The van der Waals surface area contributed by atoms with Crippen molar-refractivity contribution in [3.63, 3.8) is 0 Å². The van der Waals surface area contributed by atoms with Crippen LogP contribution >= 0.6 is 0 Å². The Morgan fingerprint density at radius 2 is 2.05 bits per heavy atom. The van der Waals surface area contributed by atoms with Gasteiger partial charge in [-0.25, -0.2) is 0 Å². The predicted octanol–water partition coefficient (Wildman–Crippen LogP) is 1.99. The van der Waals surface area contributed by atoms with E-state index in [-0.39, 0.29) is 12.0 Å². The number of ether oxygens (including phenoxy) is 1. The van der Waals surface area contributed by atoms with E-state index in [2.05, 4.69) is 4.98 Å². The molecule has 2 rings (SSSR count). The number of hydrogen-bond acceptors (Lipinski definition) is 3. The Labute approximate surface area is 115 Å². The molecule has 1 aromatic carbocycles. The standard InChI is InChI=1S/C15H15NO4/c1-9-3-6-13(20-2)11(7-9)12-5-4-10(8-14(17)18)15(19)16-12/h3-7H,8H2,1-2H3,(H,16,19)(H,17,18). The third kappa shape index (κ3) is 2.88. The Morgan fingerprint density at radius 3 is 2.65 bits per heavy atom. The SMILES string of the molecule is COc1ccc(C)cc1-c1ccc(CC(=O)O)c(=O)[nH]1. The average Bonchev–Trinajstić information content (AvgIpc) is 2.40. The van der Waals surface area contributed by atoms with E-state index in [9.17, 15) is 9.59 Å². The smallest absolute Gasteiger partial charge is 0.308 e. The molecule has 0 saturated carbocycles. The molecule has 104 valence electrons. The normalized spacial score (nSPS) is 10.3. The van der Waals surface area contributed by atoms with Crippen molar-refractivity contribution >= 4 is 5.97 Å². The number of pyridine rings is 1. The van der Waals surface area contributed by atoms with E-state index in [1.807, 2.05) is 25.1 Å². The minimum absolute atomic E-state index is 0.230. The summed E-state index contributed by atoms with van der Waals surface area (Å²) in [4.78, 5) is 25.2. The van der Waals surface area contributed by atoms with Crippen LogP contribution in [-0.4, -0.2) is 23.2 Å². The maximum atomic E-state index is 11.9. The van der Waals surface area contributed by atoms with Gasteiger partial charge in [0.05, 0.1) is 19.2 Å². The van der Waals surface area contributed by atoms with Gasteiger partial charge >= 0.3 is 5.97 Å². The molecule has 0 atom stereocenters. The lowest BCUT2D eigenvalue weighted by Crippen LogP contribution is -2.16. The molecule has 0 amide bonds. The summed E-state index contributed by atoms with van der Waals surface area (Å²) in [6, 6.07) is 8.87. The van der Waals surface area contributed by atoms with Gasteiger partial charge in [-0.2, -0.15) is 0 Å². The van der Waals surface area contributed by atoms with Crippen molar-refractivity contribution in [1.82, 2.24) is 4.98 Å². The van der Waals surface area contributed by atoms with E-state index in [1.165, 1.54) is 6.07 Å². The van der Waals surface area contributed by atoms with Crippen LogP contribution in [0.4, 0.5) is 0 Å². The van der Waals surface area contributed by atoms with Crippen molar-refractivity contribution in [3.05, 3.63) is 51.8 Å². The summed E-state index contributed by atoms with van der Waals surface area (Å²) in [5, 5.41) is 8.72. The summed E-state index contributed by atoms with van der Waals surface area (Å²) < 4.78 is 5.27.